The number of ether oxygens (including phenoxy) is 1. The summed E-state index contributed by atoms with van der Waals surface area (Å²) in [6.45, 7) is 6.58. The number of nitrogens with zero attached hydrogens (tertiary/aromatic N) is 2. The number of nitrogens with one attached hydrogen (secondary N) is 1. The van der Waals surface area contributed by atoms with Crippen LogP contribution in [0.2, 0.25) is 0 Å². The molecule has 0 radical (unpaired) electrons. The fourth-order valence-electron chi connectivity index (χ4n) is 2.15. The molecule has 0 aliphatic rings. The van der Waals surface area contributed by atoms with Crippen LogP contribution in [0.4, 0.5) is 0 Å². The first-order chi connectivity index (χ1) is 9.65. The number of aromatic nitrogens is 2. The molecule has 0 unspecified atom stereocenters. The van der Waals surface area contributed by atoms with Crippen molar-refractivity contribution in [3.05, 3.63) is 45.7 Å². The molecule has 0 aliphatic heterocycles. The third kappa shape index (κ3) is 3.41. The average Bonchev–Trinajstić information content (AvgIpc) is 2.75. The Bertz CT molecular complexity index is 580. The van der Waals surface area contributed by atoms with Gasteiger partial charge in [-0.05, 0) is 47.5 Å². The monoisotopic (exact) mass is 337 g/mol. The van der Waals surface area contributed by atoms with Gasteiger partial charge in [0.05, 0.1) is 23.0 Å². The molecule has 2 aromatic rings. The average molecular weight is 338 g/mol. The van der Waals surface area contributed by atoms with E-state index in [2.05, 4.69) is 39.3 Å². The molecule has 0 atom stereocenters. The third-order valence-corrected chi connectivity index (χ3v) is 4.24. The van der Waals surface area contributed by atoms with Crippen molar-refractivity contribution < 1.29 is 4.74 Å². The number of rotatable bonds is 6. The van der Waals surface area contributed by atoms with Crippen LogP contribution in [-0.4, -0.2) is 16.9 Å². The van der Waals surface area contributed by atoms with Gasteiger partial charge in [0.2, 0.25) is 0 Å². The van der Waals surface area contributed by atoms with Crippen molar-refractivity contribution in [1.29, 1.82) is 0 Å². The van der Waals surface area contributed by atoms with E-state index in [9.17, 15) is 0 Å². The summed E-state index contributed by atoms with van der Waals surface area (Å²) in [7, 11) is 1.69. The van der Waals surface area contributed by atoms with Crippen molar-refractivity contribution in [3.8, 4) is 5.75 Å². The largest absolute Gasteiger partial charge is 0.497 e. The first kappa shape index (κ1) is 15.1. The second-order valence-corrected chi connectivity index (χ2v) is 5.41. The molecule has 1 heterocycles. The predicted molar refractivity (Wildman–Crippen MR) is 83.9 cm³/mol. The summed E-state index contributed by atoms with van der Waals surface area (Å²) in [5.41, 5.74) is 3.43. The minimum atomic E-state index is 0.784. The van der Waals surface area contributed by atoms with Crippen molar-refractivity contribution in [3.63, 3.8) is 0 Å². The zero-order chi connectivity index (χ0) is 14.5. The summed E-state index contributed by atoms with van der Waals surface area (Å²) in [5.74, 6) is 0.889. The van der Waals surface area contributed by atoms with Crippen LogP contribution < -0.4 is 10.1 Å². The first-order valence-electron chi connectivity index (χ1n) is 6.71. The summed E-state index contributed by atoms with van der Waals surface area (Å²) in [5, 5.41) is 7.94. The molecule has 108 valence electrons. The lowest BCUT2D eigenvalue weighted by Crippen LogP contribution is -2.16. The van der Waals surface area contributed by atoms with Crippen LogP contribution in [0.5, 0.6) is 5.75 Å². The Kier molecular flexibility index (Phi) is 5.20. The molecule has 4 nitrogen and oxygen atoms in total. The Morgan fingerprint density at radius 1 is 1.35 bits per heavy atom. The quantitative estimate of drug-likeness (QED) is 0.879. The Hall–Kier alpha value is -1.33. The van der Waals surface area contributed by atoms with Gasteiger partial charge in [-0.25, -0.2) is 0 Å². The van der Waals surface area contributed by atoms with E-state index in [0.717, 1.165) is 35.6 Å². The topological polar surface area (TPSA) is 39.1 Å². The summed E-state index contributed by atoms with van der Waals surface area (Å²) >= 11 is 3.61. The van der Waals surface area contributed by atoms with Gasteiger partial charge in [-0.1, -0.05) is 12.1 Å². The molecule has 20 heavy (non-hydrogen) atoms. The highest BCUT2D eigenvalue weighted by Gasteiger charge is 2.11. The second-order valence-electron chi connectivity index (χ2n) is 4.62. The third-order valence-electron chi connectivity index (χ3n) is 3.21. The van der Waals surface area contributed by atoms with E-state index in [1.807, 2.05) is 29.8 Å². The maximum atomic E-state index is 5.23. The SMILES string of the molecule is CCn1nc(C)c(Br)c1CNCc1cccc(OC)c1. The second kappa shape index (κ2) is 6.90. The highest BCUT2D eigenvalue weighted by atomic mass is 79.9. The van der Waals surface area contributed by atoms with E-state index < -0.39 is 0 Å². The van der Waals surface area contributed by atoms with Crippen molar-refractivity contribution in [2.24, 2.45) is 0 Å². The summed E-state index contributed by atoms with van der Waals surface area (Å²) < 4.78 is 8.35. The van der Waals surface area contributed by atoms with Crippen molar-refractivity contribution in [2.75, 3.05) is 7.11 Å². The Morgan fingerprint density at radius 3 is 2.85 bits per heavy atom. The van der Waals surface area contributed by atoms with Gasteiger partial charge < -0.3 is 10.1 Å². The molecule has 0 saturated heterocycles. The zero-order valence-electron chi connectivity index (χ0n) is 12.1. The fourth-order valence-corrected chi connectivity index (χ4v) is 2.57. The van der Waals surface area contributed by atoms with Crippen LogP contribution in [0.3, 0.4) is 0 Å². The van der Waals surface area contributed by atoms with E-state index in [4.69, 9.17) is 4.74 Å². The highest BCUT2D eigenvalue weighted by molar-refractivity contribution is 9.10. The minimum Gasteiger partial charge on any atom is -0.497 e. The molecule has 0 bridgehead atoms. The summed E-state index contributed by atoms with van der Waals surface area (Å²) in [6.07, 6.45) is 0. The van der Waals surface area contributed by atoms with Gasteiger partial charge in [-0.15, -0.1) is 0 Å². The molecule has 0 amide bonds. The minimum absolute atomic E-state index is 0.784. The van der Waals surface area contributed by atoms with Crippen LogP contribution in [0.1, 0.15) is 23.9 Å². The number of aryl methyl sites for hydroxylation is 2. The fraction of sp³-hybridized carbons (Fsp3) is 0.400. The molecule has 0 spiro atoms. The maximum Gasteiger partial charge on any atom is 0.119 e. The molecule has 0 saturated carbocycles. The van der Waals surface area contributed by atoms with Crippen LogP contribution in [0, 0.1) is 6.92 Å². The van der Waals surface area contributed by atoms with E-state index >= 15 is 0 Å². The highest BCUT2D eigenvalue weighted by Crippen LogP contribution is 2.21. The van der Waals surface area contributed by atoms with Crippen LogP contribution in [-0.2, 0) is 19.6 Å². The van der Waals surface area contributed by atoms with E-state index in [0.29, 0.717) is 0 Å². The Labute approximate surface area is 128 Å². The van der Waals surface area contributed by atoms with Gasteiger partial charge in [0.15, 0.2) is 0 Å². The normalized spacial score (nSPS) is 10.8. The molecular weight excluding hydrogens is 318 g/mol. The van der Waals surface area contributed by atoms with Crippen molar-refractivity contribution in [2.45, 2.75) is 33.5 Å². The first-order valence-corrected chi connectivity index (χ1v) is 7.50. The molecule has 1 N–H and O–H groups in total. The Balaban J connectivity index is 1.99. The molecule has 1 aromatic heterocycles. The lowest BCUT2D eigenvalue weighted by atomic mass is 10.2. The van der Waals surface area contributed by atoms with Crippen molar-refractivity contribution >= 4 is 15.9 Å². The lowest BCUT2D eigenvalue weighted by molar-refractivity contribution is 0.414. The molecule has 1 aromatic carbocycles. The number of halogens is 1. The predicted octanol–water partition coefficient (Wildman–Crippen LogP) is 3.27. The van der Waals surface area contributed by atoms with Gasteiger partial charge in [0.1, 0.15) is 5.75 Å². The molecule has 5 heteroatoms. The summed E-state index contributed by atoms with van der Waals surface area (Å²) in [6, 6.07) is 8.10. The molecule has 0 fully saturated rings. The summed E-state index contributed by atoms with van der Waals surface area (Å²) in [4.78, 5) is 0. The molecule has 2 rings (SSSR count). The Morgan fingerprint density at radius 2 is 2.15 bits per heavy atom. The zero-order valence-corrected chi connectivity index (χ0v) is 13.7. The number of hydrogen-bond donors (Lipinski definition) is 1. The van der Waals surface area contributed by atoms with Crippen LogP contribution >= 0.6 is 15.9 Å². The standard InChI is InChI=1S/C15H20BrN3O/c1-4-19-14(15(16)11(2)18-19)10-17-9-12-6-5-7-13(8-12)20-3/h5-8,17H,4,9-10H2,1-3H3. The van der Waals surface area contributed by atoms with Gasteiger partial charge in [0, 0.05) is 19.6 Å². The molecular formula is C15H20BrN3O. The van der Waals surface area contributed by atoms with Gasteiger partial charge >= 0.3 is 0 Å². The van der Waals surface area contributed by atoms with Crippen LogP contribution in [0.15, 0.2) is 28.7 Å². The van der Waals surface area contributed by atoms with Gasteiger partial charge in [0.25, 0.3) is 0 Å². The number of hydrogen-bond acceptors (Lipinski definition) is 3. The molecule has 0 aliphatic carbocycles. The van der Waals surface area contributed by atoms with Gasteiger partial charge in [-0.3, -0.25) is 4.68 Å². The van der Waals surface area contributed by atoms with E-state index in [-0.39, 0.29) is 0 Å². The van der Waals surface area contributed by atoms with E-state index in [1.54, 1.807) is 7.11 Å². The van der Waals surface area contributed by atoms with Crippen LogP contribution in [0.25, 0.3) is 0 Å². The maximum absolute atomic E-state index is 5.23. The smallest absolute Gasteiger partial charge is 0.119 e. The van der Waals surface area contributed by atoms with E-state index in [1.165, 1.54) is 11.3 Å². The van der Waals surface area contributed by atoms with Gasteiger partial charge in [-0.2, -0.15) is 5.10 Å². The van der Waals surface area contributed by atoms with Crippen molar-refractivity contribution in [1.82, 2.24) is 15.1 Å². The number of benzene rings is 1. The lowest BCUT2D eigenvalue weighted by Gasteiger charge is -2.08. The number of methoxy groups -OCH3 is 1.